The molecule has 2 heterocycles. The van der Waals surface area contributed by atoms with Crippen LogP contribution in [0, 0.1) is 0 Å². The van der Waals surface area contributed by atoms with Gasteiger partial charge >= 0.3 is 5.97 Å². The summed E-state index contributed by atoms with van der Waals surface area (Å²) in [5, 5.41) is 16.3. The molecule has 0 aliphatic carbocycles. The van der Waals surface area contributed by atoms with E-state index in [0.29, 0.717) is 18.1 Å². The monoisotopic (exact) mass is 227 g/mol. The molecule has 1 unspecified atom stereocenters. The number of hydrogen-bond donors (Lipinski definition) is 3. The summed E-state index contributed by atoms with van der Waals surface area (Å²) in [5.41, 5.74) is 0.0276. The average molecular weight is 227 g/mol. The normalized spacial score (nSPS) is 20.0. The molecule has 1 amide bonds. The van der Waals surface area contributed by atoms with E-state index in [2.05, 4.69) is 15.6 Å². The Kier molecular flexibility index (Phi) is 2.55. The second kappa shape index (κ2) is 3.85. The Labute approximate surface area is 89.3 Å². The molecule has 80 valence electrons. The molecule has 1 atom stereocenters. The second-order valence-electron chi connectivity index (χ2n) is 3.19. The Morgan fingerprint density at radius 3 is 3.07 bits per heavy atom. The molecular formula is C8H9N3O3S. The number of carbonyl (C=O) groups is 2. The molecule has 2 rings (SSSR count). The Morgan fingerprint density at radius 1 is 1.73 bits per heavy atom. The summed E-state index contributed by atoms with van der Waals surface area (Å²) in [6.07, 6.45) is 0.405. The van der Waals surface area contributed by atoms with Crippen LogP contribution in [0.15, 0.2) is 5.38 Å². The van der Waals surface area contributed by atoms with Crippen LogP contribution in [0.4, 0.5) is 5.13 Å². The van der Waals surface area contributed by atoms with Crippen LogP contribution >= 0.6 is 11.3 Å². The molecular weight excluding hydrogens is 218 g/mol. The topological polar surface area (TPSA) is 91.3 Å². The number of nitrogens with one attached hydrogen (secondary N) is 2. The molecule has 0 aromatic carbocycles. The van der Waals surface area contributed by atoms with Crippen LogP contribution in [0.2, 0.25) is 0 Å². The van der Waals surface area contributed by atoms with Gasteiger partial charge in [-0.05, 0) is 0 Å². The van der Waals surface area contributed by atoms with E-state index in [4.69, 9.17) is 5.11 Å². The fourth-order valence-electron chi connectivity index (χ4n) is 1.32. The number of carbonyl (C=O) groups excluding carboxylic acids is 1. The molecule has 1 aliphatic heterocycles. The predicted molar refractivity (Wildman–Crippen MR) is 54.1 cm³/mol. The first kappa shape index (κ1) is 9.91. The number of rotatable bonds is 3. The van der Waals surface area contributed by atoms with Crippen LogP contribution in [0.5, 0.6) is 0 Å². The molecule has 1 aliphatic rings. The van der Waals surface area contributed by atoms with Gasteiger partial charge < -0.3 is 15.7 Å². The van der Waals surface area contributed by atoms with Gasteiger partial charge in [0.1, 0.15) is 0 Å². The zero-order valence-electron chi connectivity index (χ0n) is 7.69. The number of thiazole rings is 1. The lowest BCUT2D eigenvalue weighted by atomic mass is 10.3. The molecule has 1 aromatic rings. The van der Waals surface area contributed by atoms with Gasteiger partial charge in [-0.15, -0.1) is 11.3 Å². The number of hydrogen-bond acceptors (Lipinski definition) is 5. The zero-order chi connectivity index (χ0) is 10.8. The highest BCUT2D eigenvalue weighted by atomic mass is 32.1. The lowest BCUT2D eigenvalue weighted by Crippen LogP contribution is -2.22. The van der Waals surface area contributed by atoms with Crippen molar-refractivity contribution in [2.45, 2.75) is 12.5 Å². The van der Waals surface area contributed by atoms with Gasteiger partial charge in [0.25, 0.3) is 0 Å². The molecule has 7 heteroatoms. The number of carboxylic acids is 1. The lowest BCUT2D eigenvalue weighted by Gasteiger charge is -2.07. The van der Waals surface area contributed by atoms with Crippen molar-refractivity contribution in [3.8, 4) is 0 Å². The van der Waals surface area contributed by atoms with Crippen molar-refractivity contribution in [1.82, 2.24) is 10.3 Å². The average Bonchev–Trinajstić information content (AvgIpc) is 2.76. The van der Waals surface area contributed by atoms with Crippen molar-refractivity contribution in [1.29, 1.82) is 0 Å². The van der Waals surface area contributed by atoms with Crippen molar-refractivity contribution in [3.05, 3.63) is 11.1 Å². The molecule has 1 saturated heterocycles. The number of carboxylic acid groups (broad SMARTS) is 1. The van der Waals surface area contributed by atoms with Crippen LogP contribution in [0.1, 0.15) is 16.9 Å². The summed E-state index contributed by atoms with van der Waals surface area (Å²) >= 11 is 1.22. The van der Waals surface area contributed by atoms with Crippen LogP contribution in [0.25, 0.3) is 0 Å². The van der Waals surface area contributed by atoms with E-state index < -0.39 is 5.97 Å². The Bertz CT molecular complexity index is 404. The third-order valence-corrected chi connectivity index (χ3v) is 2.80. The van der Waals surface area contributed by atoms with Gasteiger partial charge in [0.05, 0.1) is 6.04 Å². The van der Waals surface area contributed by atoms with Crippen molar-refractivity contribution in [2.75, 3.05) is 11.9 Å². The van der Waals surface area contributed by atoms with Crippen LogP contribution in [-0.2, 0) is 4.79 Å². The van der Waals surface area contributed by atoms with E-state index in [1.165, 1.54) is 16.7 Å². The van der Waals surface area contributed by atoms with Gasteiger partial charge in [-0.2, -0.15) is 0 Å². The van der Waals surface area contributed by atoms with Gasteiger partial charge in [-0.3, -0.25) is 4.79 Å². The summed E-state index contributed by atoms with van der Waals surface area (Å²) in [5.74, 6) is -1.04. The molecule has 6 nitrogen and oxygen atoms in total. The summed E-state index contributed by atoms with van der Waals surface area (Å²) < 4.78 is 0. The molecule has 0 bridgehead atoms. The summed E-state index contributed by atoms with van der Waals surface area (Å²) in [7, 11) is 0. The van der Waals surface area contributed by atoms with Crippen molar-refractivity contribution >= 4 is 28.3 Å². The van der Waals surface area contributed by atoms with Gasteiger partial charge in [-0.1, -0.05) is 0 Å². The van der Waals surface area contributed by atoms with E-state index in [1.807, 2.05) is 0 Å². The third-order valence-electron chi connectivity index (χ3n) is 2.03. The first-order chi connectivity index (χ1) is 7.15. The molecule has 0 saturated carbocycles. The van der Waals surface area contributed by atoms with Gasteiger partial charge in [0, 0.05) is 18.3 Å². The quantitative estimate of drug-likeness (QED) is 0.683. The fourth-order valence-corrected chi connectivity index (χ4v) is 2.08. The van der Waals surface area contributed by atoms with Crippen molar-refractivity contribution in [3.63, 3.8) is 0 Å². The molecule has 1 aromatic heterocycles. The third kappa shape index (κ3) is 2.24. The molecule has 15 heavy (non-hydrogen) atoms. The maximum absolute atomic E-state index is 10.9. The lowest BCUT2D eigenvalue weighted by molar-refractivity contribution is -0.119. The number of aromatic carboxylic acids is 1. The molecule has 0 radical (unpaired) electrons. The molecule has 3 N–H and O–H groups in total. The number of aromatic nitrogens is 1. The minimum Gasteiger partial charge on any atom is -0.476 e. The van der Waals surface area contributed by atoms with Crippen LogP contribution in [-0.4, -0.2) is 34.6 Å². The van der Waals surface area contributed by atoms with Gasteiger partial charge in [-0.25, -0.2) is 9.78 Å². The van der Waals surface area contributed by atoms with Crippen molar-refractivity contribution < 1.29 is 14.7 Å². The SMILES string of the molecule is O=C1CC(Nc2nc(C(=O)O)cs2)CN1. The van der Waals surface area contributed by atoms with E-state index in [1.54, 1.807) is 0 Å². The van der Waals surface area contributed by atoms with Gasteiger partial charge in [0.15, 0.2) is 10.8 Å². The standard InChI is InChI=1S/C8H9N3O3S/c12-6-1-4(2-9-6)10-8-11-5(3-15-8)7(13)14/h3-4H,1-2H2,(H,9,12)(H,10,11)(H,13,14). The highest BCUT2D eigenvalue weighted by Gasteiger charge is 2.22. The Hall–Kier alpha value is -1.63. The largest absolute Gasteiger partial charge is 0.476 e. The maximum Gasteiger partial charge on any atom is 0.355 e. The Balaban J connectivity index is 1.99. The minimum atomic E-state index is -1.04. The van der Waals surface area contributed by atoms with Crippen LogP contribution < -0.4 is 10.6 Å². The molecule has 0 spiro atoms. The number of nitrogens with zero attached hydrogens (tertiary/aromatic N) is 1. The number of anilines is 1. The molecule has 1 fully saturated rings. The van der Waals surface area contributed by atoms with Crippen molar-refractivity contribution in [2.24, 2.45) is 0 Å². The fraction of sp³-hybridized carbons (Fsp3) is 0.375. The summed E-state index contributed by atoms with van der Waals surface area (Å²) in [6.45, 7) is 0.556. The van der Waals surface area contributed by atoms with E-state index in [-0.39, 0.29) is 17.6 Å². The van der Waals surface area contributed by atoms with E-state index in [0.717, 1.165) is 0 Å². The van der Waals surface area contributed by atoms with Crippen LogP contribution in [0.3, 0.4) is 0 Å². The summed E-state index contributed by atoms with van der Waals surface area (Å²) in [6, 6.07) is 0.00490. The number of amides is 1. The second-order valence-corrected chi connectivity index (χ2v) is 4.05. The summed E-state index contributed by atoms with van der Waals surface area (Å²) in [4.78, 5) is 25.3. The maximum atomic E-state index is 10.9. The first-order valence-electron chi connectivity index (χ1n) is 4.37. The highest BCUT2D eigenvalue weighted by molar-refractivity contribution is 7.13. The van der Waals surface area contributed by atoms with Gasteiger partial charge in [0.2, 0.25) is 5.91 Å². The minimum absolute atomic E-state index is 0.00233. The smallest absolute Gasteiger partial charge is 0.355 e. The highest BCUT2D eigenvalue weighted by Crippen LogP contribution is 2.17. The van der Waals surface area contributed by atoms with E-state index in [9.17, 15) is 9.59 Å². The zero-order valence-corrected chi connectivity index (χ0v) is 8.50. The predicted octanol–water partition coefficient (Wildman–Crippen LogP) is 0.142. The Morgan fingerprint density at radius 2 is 2.53 bits per heavy atom. The first-order valence-corrected chi connectivity index (χ1v) is 5.25. The van der Waals surface area contributed by atoms with E-state index >= 15 is 0 Å².